The van der Waals surface area contributed by atoms with Crippen LogP contribution in [0.3, 0.4) is 0 Å². The summed E-state index contributed by atoms with van der Waals surface area (Å²) in [5.41, 5.74) is 0.572. The van der Waals surface area contributed by atoms with Gasteiger partial charge in [-0.3, -0.25) is 5.32 Å². The Kier molecular flexibility index (Phi) is 49.9. The molecule has 0 saturated heterocycles. The first-order valence-electron chi connectivity index (χ1n) is 4.43. The van der Waals surface area contributed by atoms with Crippen LogP contribution in [0.2, 0.25) is 5.02 Å². The molecule has 0 heterocycles. The van der Waals surface area contributed by atoms with Gasteiger partial charge in [-0.15, -0.1) is 11.6 Å². The number of benzene rings is 1. The maximum absolute atomic E-state index is 11.2. The van der Waals surface area contributed by atoms with E-state index in [1.54, 1.807) is 24.3 Å². The second-order valence-corrected chi connectivity index (χ2v) is 3.40. The Morgan fingerprint density at radius 1 is 1.09 bits per heavy atom. The second kappa shape index (κ2) is 26.5. The van der Waals surface area contributed by atoms with E-state index in [-0.39, 0.29) is 77.0 Å². The third-order valence-corrected chi connectivity index (χ3v) is 1.91. The number of hydrogen-bond acceptors (Lipinski definition) is 2. The van der Waals surface area contributed by atoms with E-state index >= 15 is 0 Å². The Labute approximate surface area is 167 Å². The molecule has 0 atom stereocenters. The average Bonchev–Trinajstić information content (AvgIpc) is 2.24. The maximum atomic E-state index is 11.2. The SMILES string of the molecule is O=C(Nc1cccc(Cl)c1)OCC#CCCl.[O-2].[O-2].[O-2].[O-2].[O-2].[V].[V]. The summed E-state index contributed by atoms with van der Waals surface area (Å²) in [6.45, 7) is 0.0130. The van der Waals surface area contributed by atoms with Crippen LogP contribution in [0, 0.1) is 11.8 Å². The molecule has 23 heavy (non-hydrogen) atoms. The first kappa shape index (κ1) is 43.3. The molecule has 0 aliphatic heterocycles. The summed E-state index contributed by atoms with van der Waals surface area (Å²) in [6, 6.07) is 6.76. The number of halogens is 2. The minimum absolute atomic E-state index is 0. The van der Waals surface area contributed by atoms with Crippen molar-refractivity contribution in [3.8, 4) is 11.8 Å². The first-order valence-corrected chi connectivity index (χ1v) is 5.34. The van der Waals surface area contributed by atoms with E-state index in [1.165, 1.54) is 0 Å². The van der Waals surface area contributed by atoms with Crippen LogP contribution < -0.4 is 5.32 Å². The summed E-state index contributed by atoms with van der Waals surface area (Å²) in [5.74, 6) is 5.36. The van der Waals surface area contributed by atoms with E-state index in [9.17, 15) is 4.79 Å². The fourth-order valence-electron chi connectivity index (χ4n) is 0.920. The quantitative estimate of drug-likeness (QED) is 0.549. The van der Waals surface area contributed by atoms with Crippen molar-refractivity contribution in [2.75, 3.05) is 17.8 Å². The van der Waals surface area contributed by atoms with E-state index in [0.717, 1.165) is 0 Å². The zero-order valence-corrected chi connectivity index (χ0v) is 15.5. The molecule has 0 unspecified atom stereocenters. The minimum atomic E-state index is -0.578. The van der Waals surface area contributed by atoms with Crippen LogP contribution in [0.5, 0.6) is 0 Å². The van der Waals surface area contributed by atoms with E-state index in [2.05, 4.69) is 17.2 Å². The molecule has 8 nitrogen and oxygen atoms in total. The summed E-state index contributed by atoms with van der Waals surface area (Å²) >= 11 is 11.1. The van der Waals surface area contributed by atoms with Crippen LogP contribution in [-0.4, -0.2) is 18.6 Å². The summed E-state index contributed by atoms with van der Waals surface area (Å²) in [6.07, 6.45) is -0.578. The van der Waals surface area contributed by atoms with Gasteiger partial charge in [-0.05, 0) is 18.2 Å². The standard InChI is InChI=1S/C11H9Cl2NO2.5O.2V/c12-6-1-2-7-16-11(15)14-10-5-3-4-9(13)8-10;;;;;;;/h3-5,8H,6-7H2,(H,14,15);;;;;;;/q;5*-2;;. The summed E-state index contributed by atoms with van der Waals surface area (Å²) in [7, 11) is 0. The predicted octanol–water partition coefficient (Wildman–Crippen LogP) is 2.53. The van der Waals surface area contributed by atoms with Gasteiger partial charge in [0.15, 0.2) is 6.61 Å². The van der Waals surface area contributed by atoms with Crippen LogP contribution in [0.15, 0.2) is 24.3 Å². The van der Waals surface area contributed by atoms with Crippen LogP contribution in [0.4, 0.5) is 10.5 Å². The van der Waals surface area contributed by atoms with Crippen molar-refractivity contribution in [1.82, 2.24) is 0 Å². The summed E-state index contributed by atoms with van der Waals surface area (Å²) in [5, 5.41) is 3.05. The van der Waals surface area contributed by atoms with E-state index in [4.69, 9.17) is 27.9 Å². The average molecular weight is 440 g/mol. The van der Waals surface area contributed by atoms with Gasteiger partial charge < -0.3 is 32.1 Å². The molecule has 0 saturated carbocycles. The number of amides is 1. The van der Waals surface area contributed by atoms with Gasteiger partial charge in [-0.25, -0.2) is 4.79 Å². The minimum Gasteiger partial charge on any atom is -2.00 e. The number of carbonyl (C=O) groups excluding carboxylic acids is 1. The van der Waals surface area contributed by atoms with Crippen molar-refractivity contribution < 1.29 is 74.0 Å². The second-order valence-electron chi connectivity index (χ2n) is 2.70. The van der Waals surface area contributed by atoms with Crippen molar-refractivity contribution in [3.05, 3.63) is 29.3 Å². The Morgan fingerprint density at radius 3 is 2.13 bits per heavy atom. The van der Waals surface area contributed by atoms with Gasteiger partial charge in [-0.2, -0.15) is 0 Å². The topological polar surface area (TPSA) is 181 Å². The first-order chi connectivity index (χ1) is 7.72. The largest absolute Gasteiger partial charge is 2.00 e. The molecule has 0 aliphatic rings. The molecule has 134 valence electrons. The van der Waals surface area contributed by atoms with Crippen LogP contribution in [0.1, 0.15) is 0 Å². The Bertz CT molecular complexity index is 444. The van der Waals surface area contributed by atoms with Crippen molar-refractivity contribution in [3.63, 3.8) is 0 Å². The van der Waals surface area contributed by atoms with Gasteiger partial charge in [-0.1, -0.05) is 29.5 Å². The molecular weight excluding hydrogens is 431 g/mol. The Hall–Kier alpha value is -0.401. The zero-order valence-electron chi connectivity index (χ0n) is 11.2. The predicted molar refractivity (Wildman–Crippen MR) is 68.4 cm³/mol. The number of nitrogens with one attached hydrogen (secondary N) is 1. The third-order valence-electron chi connectivity index (χ3n) is 1.54. The fourth-order valence-corrected chi connectivity index (χ4v) is 1.20. The number of carbonyl (C=O) groups is 1. The molecule has 0 aromatic heterocycles. The molecule has 0 aliphatic carbocycles. The number of ether oxygens (including phenoxy) is 1. The third kappa shape index (κ3) is 21.6. The molecule has 12 heteroatoms. The van der Waals surface area contributed by atoms with Crippen molar-refractivity contribution in [2.45, 2.75) is 0 Å². The molecular formula is C11H9Cl2NO7V2-10. The van der Waals surface area contributed by atoms with Gasteiger partial charge in [0.25, 0.3) is 0 Å². The number of rotatable bonds is 2. The summed E-state index contributed by atoms with van der Waals surface area (Å²) < 4.78 is 4.76. The maximum Gasteiger partial charge on any atom is 0.412 e. The molecule has 1 aromatic rings. The van der Waals surface area contributed by atoms with Crippen LogP contribution in [-0.2, 0) is 69.2 Å². The monoisotopic (exact) mass is 439 g/mol. The molecule has 0 fully saturated rings. The van der Waals surface area contributed by atoms with Gasteiger partial charge in [0.05, 0.1) is 5.88 Å². The normalized spacial score (nSPS) is 6.17. The van der Waals surface area contributed by atoms with Gasteiger partial charge in [0, 0.05) is 47.8 Å². The number of alkyl halides is 1. The molecule has 1 aromatic carbocycles. The number of anilines is 1. The molecule has 0 bridgehead atoms. The molecule has 1 rings (SSSR count). The van der Waals surface area contributed by atoms with Crippen molar-refractivity contribution in [1.29, 1.82) is 0 Å². The molecule has 1 N–H and O–H groups in total. The zero-order chi connectivity index (χ0) is 11.8. The fraction of sp³-hybridized carbons (Fsp3) is 0.182. The molecule has 2 radical (unpaired) electrons. The van der Waals surface area contributed by atoms with Gasteiger partial charge in [0.2, 0.25) is 0 Å². The number of hydrogen-bond donors (Lipinski definition) is 1. The van der Waals surface area contributed by atoms with E-state index in [0.29, 0.717) is 10.7 Å². The Balaban J connectivity index is -0.0000000731. The van der Waals surface area contributed by atoms with Crippen LogP contribution in [0.25, 0.3) is 0 Å². The van der Waals surface area contributed by atoms with Crippen molar-refractivity contribution in [2.24, 2.45) is 0 Å². The van der Waals surface area contributed by atoms with Gasteiger partial charge >= 0.3 is 6.09 Å². The smallest absolute Gasteiger partial charge is 0.412 e. The van der Waals surface area contributed by atoms with E-state index < -0.39 is 6.09 Å². The summed E-state index contributed by atoms with van der Waals surface area (Å²) in [4.78, 5) is 11.2. The van der Waals surface area contributed by atoms with Crippen LogP contribution >= 0.6 is 23.2 Å². The van der Waals surface area contributed by atoms with E-state index in [1.807, 2.05) is 0 Å². The molecule has 1 amide bonds. The van der Waals surface area contributed by atoms with Gasteiger partial charge in [0.1, 0.15) is 0 Å². The Morgan fingerprint density at radius 2 is 1.65 bits per heavy atom. The molecule has 0 spiro atoms. The van der Waals surface area contributed by atoms with Crippen molar-refractivity contribution >= 4 is 35.0 Å².